The number of nitrogens with one attached hydrogen (secondary N) is 2. The molecule has 0 heterocycles. The minimum absolute atomic E-state index is 0.0817. The quantitative estimate of drug-likeness (QED) is 0.617. The maximum Gasteiger partial charge on any atom is 0.319 e. The molecule has 0 saturated carbocycles. The third kappa shape index (κ3) is 5.96. The maximum absolute atomic E-state index is 13.2. The minimum atomic E-state index is -0.825. The Morgan fingerprint density at radius 3 is 2.79 bits per heavy atom. The molecule has 0 spiro atoms. The molecule has 2 N–H and O–H groups in total. The van der Waals surface area contributed by atoms with E-state index in [4.69, 9.17) is 4.74 Å². The van der Waals surface area contributed by atoms with Gasteiger partial charge in [-0.05, 0) is 19.1 Å². The number of amides is 2. The van der Waals surface area contributed by atoms with E-state index in [2.05, 4.69) is 17.2 Å². The van der Waals surface area contributed by atoms with E-state index in [9.17, 15) is 13.6 Å². The summed E-state index contributed by atoms with van der Waals surface area (Å²) in [4.78, 5) is 11.4. The van der Waals surface area contributed by atoms with Crippen LogP contribution in [0.15, 0.2) is 30.4 Å². The molecule has 1 aromatic rings. The summed E-state index contributed by atoms with van der Waals surface area (Å²) < 4.78 is 31.0. The Balaban J connectivity index is 2.29. The molecule has 0 unspecified atom stereocenters. The van der Waals surface area contributed by atoms with Gasteiger partial charge in [-0.25, -0.2) is 13.6 Å². The molecule has 0 aliphatic rings. The number of rotatable bonds is 6. The molecule has 0 aliphatic carbocycles. The van der Waals surface area contributed by atoms with Crippen LogP contribution in [0.2, 0.25) is 0 Å². The van der Waals surface area contributed by atoms with E-state index in [0.717, 1.165) is 17.7 Å². The van der Waals surface area contributed by atoms with E-state index < -0.39 is 17.7 Å². The summed E-state index contributed by atoms with van der Waals surface area (Å²) in [6, 6.07) is 2.34. The average molecular weight is 270 g/mol. The molecule has 0 fully saturated rings. The minimum Gasteiger partial charge on any atom is -0.375 e. The first-order chi connectivity index (χ1) is 8.99. The molecule has 0 aromatic heterocycles. The first-order valence-corrected chi connectivity index (χ1v) is 5.71. The lowest BCUT2D eigenvalue weighted by molar-refractivity contribution is 0.159. The largest absolute Gasteiger partial charge is 0.375 e. The van der Waals surface area contributed by atoms with Crippen molar-refractivity contribution in [1.82, 2.24) is 5.32 Å². The van der Waals surface area contributed by atoms with Crippen molar-refractivity contribution in [2.24, 2.45) is 0 Å². The van der Waals surface area contributed by atoms with Crippen LogP contribution in [0.3, 0.4) is 0 Å². The van der Waals surface area contributed by atoms with Gasteiger partial charge in [0.15, 0.2) is 0 Å². The normalized spacial score (nSPS) is 10.1. The Labute approximate surface area is 110 Å². The molecule has 19 heavy (non-hydrogen) atoms. The Bertz CT molecular complexity index is 464. The summed E-state index contributed by atoms with van der Waals surface area (Å²) in [5.74, 6) is -1.52. The number of anilines is 1. The Morgan fingerprint density at radius 2 is 2.16 bits per heavy atom. The average Bonchev–Trinajstić information content (AvgIpc) is 2.32. The van der Waals surface area contributed by atoms with Crippen molar-refractivity contribution in [3.05, 3.63) is 42.0 Å². The molecule has 0 atom stereocenters. The molecule has 4 nitrogen and oxygen atoms in total. The zero-order valence-electron chi connectivity index (χ0n) is 10.6. The molecule has 0 radical (unpaired) electrons. The van der Waals surface area contributed by atoms with Gasteiger partial charge in [-0.1, -0.05) is 12.2 Å². The molecule has 1 rings (SSSR count). The van der Waals surface area contributed by atoms with Gasteiger partial charge in [0, 0.05) is 12.6 Å². The van der Waals surface area contributed by atoms with Crippen LogP contribution in [0.5, 0.6) is 0 Å². The van der Waals surface area contributed by atoms with Gasteiger partial charge < -0.3 is 15.4 Å². The Kier molecular flexibility index (Phi) is 5.95. The van der Waals surface area contributed by atoms with Crippen LogP contribution in [0.4, 0.5) is 19.3 Å². The van der Waals surface area contributed by atoms with E-state index in [1.807, 2.05) is 6.92 Å². The van der Waals surface area contributed by atoms with Crippen molar-refractivity contribution < 1.29 is 18.3 Å². The Hall–Kier alpha value is -1.95. The summed E-state index contributed by atoms with van der Waals surface area (Å²) in [5, 5.41) is 4.75. The third-order valence-corrected chi connectivity index (χ3v) is 2.06. The van der Waals surface area contributed by atoms with Gasteiger partial charge in [-0.3, -0.25) is 0 Å². The first kappa shape index (κ1) is 15.1. The van der Waals surface area contributed by atoms with Gasteiger partial charge in [0.05, 0.1) is 18.9 Å². The highest BCUT2D eigenvalue weighted by atomic mass is 19.1. The van der Waals surface area contributed by atoms with Crippen LogP contribution >= 0.6 is 0 Å². The summed E-state index contributed by atoms with van der Waals surface area (Å²) in [5.41, 5.74) is 0.805. The second-order valence-corrected chi connectivity index (χ2v) is 4.01. The van der Waals surface area contributed by atoms with Crippen molar-refractivity contribution in [1.29, 1.82) is 0 Å². The number of carbonyl (C=O) groups excluding carboxylic acids is 1. The first-order valence-electron chi connectivity index (χ1n) is 5.71. The molecule has 1 aromatic carbocycles. The fraction of sp³-hybridized carbons (Fsp3) is 0.308. The molecule has 0 bridgehead atoms. The highest BCUT2D eigenvalue weighted by molar-refractivity contribution is 5.89. The van der Waals surface area contributed by atoms with Gasteiger partial charge >= 0.3 is 6.03 Å². The topological polar surface area (TPSA) is 50.4 Å². The molecule has 104 valence electrons. The monoisotopic (exact) mass is 270 g/mol. The molecule has 2 amide bonds. The molecule has 0 saturated heterocycles. The fourth-order valence-electron chi connectivity index (χ4n) is 1.24. The van der Waals surface area contributed by atoms with E-state index in [1.54, 1.807) is 0 Å². The van der Waals surface area contributed by atoms with E-state index in [-0.39, 0.29) is 12.2 Å². The predicted octanol–water partition coefficient (Wildman–Crippen LogP) is 2.68. The lowest BCUT2D eigenvalue weighted by Gasteiger charge is -2.08. The summed E-state index contributed by atoms with van der Waals surface area (Å²) in [6.07, 6.45) is 0. The van der Waals surface area contributed by atoms with E-state index in [1.165, 1.54) is 0 Å². The molecular weight excluding hydrogens is 254 g/mol. The van der Waals surface area contributed by atoms with Gasteiger partial charge in [0.2, 0.25) is 0 Å². The van der Waals surface area contributed by atoms with Crippen LogP contribution in [-0.4, -0.2) is 25.8 Å². The molecular formula is C13H16F2N2O2. The van der Waals surface area contributed by atoms with Crippen molar-refractivity contribution in [2.75, 3.05) is 25.1 Å². The maximum atomic E-state index is 13.2. The lowest BCUT2D eigenvalue weighted by atomic mass is 10.3. The summed E-state index contributed by atoms with van der Waals surface area (Å²) >= 11 is 0. The van der Waals surface area contributed by atoms with Crippen LogP contribution in [0, 0.1) is 11.6 Å². The number of carbonyl (C=O) groups is 1. The van der Waals surface area contributed by atoms with Crippen LogP contribution in [0.25, 0.3) is 0 Å². The standard InChI is InChI=1S/C13H16F2N2O2/c1-9(2)8-19-6-5-16-13(18)17-12-4-3-10(14)7-11(12)15/h3-4,7H,1,5-6,8H2,2H3,(H2,16,17,18). The SMILES string of the molecule is C=C(C)COCCNC(=O)Nc1ccc(F)cc1F. The number of ether oxygens (including phenoxy) is 1. The number of benzene rings is 1. The van der Waals surface area contributed by atoms with Gasteiger partial charge in [0.1, 0.15) is 11.6 Å². The van der Waals surface area contributed by atoms with Crippen molar-refractivity contribution in [3.63, 3.8) is 0 Å². The number of halogens is 2. The lowest BCUT2D eigenvalue weighted by Crippen LogP contribution is -2.32. The van der Waals surface area contributed by atoms with Crippen molar-refractivity contribution in [3.8, 4) is 0 Å². The van der Waals surface area contributed by atoms with Crippen molar-refractivity contribution >= 4 is 11.7 Å². The van der Waals surface area contributed by atoms with Crippen LogP contribution in [0.1, 0.15) is 6.92 Å². The van der Waals surface area contributed by atoms with E-state index >= 15 is 0 Å². The highest BCUT2D eigenvalue weighted by Crippen LogP contribution is 2.14. The summed E-state index contributed by atoms with van der Waals surface area (Å²) in [7, 11) is 0. The molecule has 0 aliphatic heterocycles. The second kappa shape index (κ2) is 7.48. The second-order valence-electron chi connectivity index (χ2n) is 4.01. The third-order valence-electron chi connectivity index (χ3n) is 2.06. The number of urea groups is 1. The zero-order valence-corrected chi connectivity index (χ0v) is 10.6. The van der Waals surface area contributed by atoms with Gasteiger partial charge in [-0.15, -0.1) is 0 Å². The smallest absolute Gasteiger partial charge is 0.319 e. The predicted molar refractivity (Wildman–Crippen MR) is 69.0 cm³/mol. The fourth-order valence-corrected chi connectivity index (χ4v) is 1.24. The Morgan fingerprint density at radius 1 is 1.42 bits per heavy atom. The van der Waals surface area contributed by atoms with Crippen molar-refractivity contribution in [2.45, 2.75) is 6.92 Å². The highest BCUT2D eigenvalue weighted by Gasteiger charge is 2.07. The summed E-state index contributed by atoms with van der Waals surface area (Å²) in [6.45, 7) is 6.53. The van der Waals surface area contributed by atoms with Crippen LogP contribution in [-0.2, 0) is 4.74 Å². The number of hydrogen-bond donors (Lipinski definition) is 2. The van der Waals surface area contributed by atoms with E-state index in [0.29, 0.717) is 19.3 Å². The zero-order chi connectivity index (χ0) is 14.3. The molecule has 6 heteroatoms. The number of hydrogen-bond acceptors (Lipinski definition) is 2. The van der Waals surface area contributed by atoms with Crippen LogP contribution < -0.4 is 10.6 Å². The van der Waals surface area contributed by atoms with Gasteiger partial charge in [-0.2, -0.15) is 0 Å². The van der Waals surface area contributed by atoms with Gasteiger partial charge in [0.25, 0.3) is 0 Å².